The molecule has 0 amide bonds. The summed E-state index contributed by atoms with van der Waals surface area (Å²) in [6.07, 6.45) is 3.24. The van der Waals surface area contributed by atoms with Gasteiger partial charge in [0.05, 0.1) is 30.3 Å². The maximum Gasteiger partial charge on any atom is 0.169 e. The van der Waals surface area contributed by atoms with E-state index in [4.69, 9.17) is 19.9 Å². The summed E-state index contributed by atoms with van der Waals surface area (Å²) in [4.78, 5) is 0. The summed E-state index contributed by atoms with van der Waals surface area (Å²) in [7, 11) is -3.29. The van der Waals surface area contributed by atoms with Crippen LogP contribution in [0.25, 0.3) is 0 Å². The first-order valence-corrected chi connectivity index (χ1v) is 9.09. The van der Waals surface area contributed by atoms with Gasteiger partial charge < -0.3 is 19.9 Å². The first kappa shape index (κ1) is 14.7. The fourth-order valence-electron chi connectivity index (χ4n) is 3.44. The fraction of sp³-hybridized carbons (Fsp3) is 1.00. The largest absolute Gasteiger partial charge is 0.377 e. The van der Waals surface area contributed by atoms with Gasteiger partial charge in [-0.3, -0.25) is 0 Å². The first-order chi connectivity index (χ1) is 9.51. The Morgan fingerprint density at radius 3 is 2.55 bits per heavy atom. The first-order valence-electron chi connectivity index (χ1n) is 7.37. The molecule has 1 spiro atoms. The van der Waals surface area contributed by atoms with E-state index in [1.165, 1.54) is 0 Å². The summed E-state index contributed by atoms with van der Waals surface area (Å²) in [6, 6.07) is -0.333. The van der Waals surface area contributed by atoms with Crippen LogP contribution in [0.3, 0.4) is 0 Å². The predicted molar refractivity (Wildman–Crippen MR) is 73.0 cm³/mol. The molecule has 0 aromatic heterocycles. The lowest BCUT2D eigenvalue weighted by Gasteiger charge is -2.39. The summed E-state index contributed by atoms with van der Waals surface area (Å²) < 4.78 is 42.0. The number of nitrogens with two attached hydrogens (primary N) is 1. The van der Waals surface area contributed by atoms with Crippen LogP contribution in [0.15, 0.2) is 0 Å². The van der Waals surface area contributed by atoms with E-state index in [9.17, 15) is 8.42 Å². The van der Waals surface area contributed by atoms with Gasteiger partial charge >= 0.3 is 0 Å². The minimum Gasteiger partial charge on any atom is -0.377 e. The van der Waals surface area contributed by atoms with E-state index in [0.717, 1.165) is 12.8 Å². The van der Waals surface area contributed by atoms with Gasteiger partial charge in [0.1, 0.15) is 0 Å². The molecule has 0 aromatic rings. The molecule has 7 heteroatoms. The van der Waals surface area contributed by atoms with Crippen LogP contribution in [-0.2, 0) is 24.0 Å². The molecule has 6 nitrogen and oxygen atoms in total. The van der Waals surface area contributed by atoms with E-state index in [1.807, 2.05) is 0 Å². The summed E-state index contributed by atoms with van der Waals surface area (Å²) in [6.45, 7) is 1.73. The van der Waals surface area contributed by atoms with Crippen LogP contribution in [0.4, 0.5) is 0 Å². The van der Waals surface area contributed by atoms with Crippen LogP contribution >= 0.6 is 0 Å². The van der Waals surface area contributed by atoms with Crippen molar-refractivity contribution in [1.29, 1.82) is 0 Å². The number of ether oxygens (including phenoxy) is 3. The highest BCUT2D eigenvalue weighted by molar-refractivity contribution is 7.92. The average Bonchev–Trinajstić information content (AvgIpc) is 3.04. The van der Waals surface area contributed by atoms with Gasteiger partial charge in [-0.2, -0.15) is 0 Å². The summed E-state index contributed by atoms with van der Waals surface area (Å²) >= 11 is 0. The molecule has 0 radical (unpaired) electrons. The molecule has 3 rings (SSSR count). The van der Waals surface area contributed by atoms with Crippen molar-refractivity contribution in [3.8, 4) is 0 Å². The molecule has 3 atom stereocenters. The molecule has 2 heterocycles. The zero-order valence-electron chi connectivity index (χ0n) is 11.6. The van der Waals surface area contributed by atoms with Gasteiger partial charge in [-0.15, -0.1) is 0 Å². The molecule has 0 aromatic carbocycles. The second-order valence-corrected chi connectivity index (χ2v) is 8.28. The van der Waals surface area contributed by atoms with Gasteiger partial charge in [-0.25, -0.2) is 8.42 Å². The Labute approximate surface area is 119 Å². The molecular weight excluding hydrogens is 282 g/mol. The molecule has 2 aliphatic heterocycles. The zero-order valence-corrected chi connectivity index (χ0v) is 12.4. The topological polar surface area (TPSA) is 87.9 Å². The van der Waals surface area contributed by atoms with E-state index >= 15 is 0 Å². The van der Waals surface area contributed by atoms with Gasteiger partial charge in [0, 0.05) is 25.5 Å². The van der Waals surface area contributed by atoms with Crippen molar-refractivity contribution in [3.63, 3.8) is 0 Å². The second kappa shape index (κ2) is 5.53. The van der Waals surface area contributed by atoms with Crippen LogP contribution in [-0.4, -0.2) is 57.2 Å². The quantitative estimate of drug-likeness (QED) is 0.801. The van der Waals surface area contributed by atoms with Crippen molar-refractivity contribution in [2.45, 2.75) is 55.3 Å². The van der Waals surface area contributed by atoms with Crippen LogP contribution in [0.1, 0.15) is 32.1 Å². The highest BCUT2D eigenvalue weighted by Crippen LogP contribution is 2.38. The Morgan fingerprint density at radius 2 is 1.90 bits per heavy atom. The Kier molecular flexibility index (Phi) is 4.07. The van der Waals surface area contributed by atoms with Crippen molar-refractivity contribution in [2.24, 2.45) is 5.73 Å². The molecule has 3 aliphatic rings. The van der Waals surface area contributed by atoms with Gasteiger partial charge in [-0.1, -0.05) is 0 Å². The molecule has 2 saturated heterocycles. The zero-order chi connectivity index (χ0) is 14.2. The lowest BCUT2D eigenvalue weighted by molar-refractivity contribution is -0.177. The minimum absolute atomic E-state index is 0.0709. The molecule has 3 unspecified atom stereocenters. The molecule has 3 fully saturated rings. The van der Waals surface area contributed by atoms with E-state index in [0.29, 0.717) is 39.1 Å². The third-order valence-electron chi connectivity index (χ3n) is 4.57. The van der Waals surface area contributed by atoms with Crippen molar-refractivity contribution < 1.29 is 22.6 Å². The normalized spacial score (nSPS) is 37.5. The second-order valence-electron chi connectivity index (χ2n) is 6.02. The van der Waals surface area contributed by atoms with Crippen LogP contribution in [0.2, 0.25) is 0 Å². The Hall–Kier alpha value is -0.210. The number of hydrogen-bond acceptors (Lipinski definition) is 6. The van der Waals surface area contributed by atoms with Gasteiger partial charge in [0.15, 0.2) is 15.6 Å². The van der Waals surface area contributed by atoms with Gasteiger partial charge in [0.25, 0.3) is 0 Å². The van der Waals surface area contributed by atoms with Crippen molar-refractivity contribution in [3.05, 3.63) is 0 Å². The Balaban J connectivity index is 1.72. The lowest BCUT2D eigenvalue weighted by atomic mass is 9.90. The molecule has 1 aliphatic carbocycles. The van der Waals surface area contributed by atoms with Gasteiger partial charge in [-0.05, 0) is 19.3 Å². The Morgan fingerprint density at radius 1 is 1.15 bits per heavy atom. The highest BCUT2D eigenvalue weighted by atomic mass is 32.2. The smallest absolute Gasteiger partial charge is 0.169 e. The van der Waals surface area contributed by atoms with Crippen molar-refractivity contribution in [2.75, 3.05) is 25.6 Å². The molecule has 0 bridgehead atoms. The number of rotatable bonds is 3. The van der Waals surface area contributed by atoms with E-state index in [1.54, 1.807) is 0 Å². The van der Waals surface area contributed by atoms with Gasteiger partial charge in [0.2, 0.25) is 0 Å². The highest BCUT2D eigenvalue weighted by Gasteiger charge is 2.48. The Bertz CT molecular complexity index is 440. The summed E-state index contributed by atoms with van der Waals surface area (Å²) in [5, 5.41) is -0.585. The average molecular weight is 305 g/mol. The van der Waals surface area contributed by atoms with E-state index in [-0.39, 0.29) is 17.9 Å². The molecule has 2 N–H and O–H groups in total. The summed E-state index contributed by atoms with van der Waals surface area (Å²) in [5.41, 5.74) is 6.06. The van der Waals surface area contributed by atoms with E-state index in [2.05, 4.69) is 0 Å². The molecule has 20 heavy (non-hydrogen) atoms. The van der Waals surface area contributed by atoms with Crippen LogP contribution in [0.5, 0.6) is 0 Å². The van der Waals surface area contributed by atoms with Crippen LogP contribution in [0, 0.1) is 0 Å². The monoisotopic (exact) mass is 305 g/mol. The van der Waals surface area contributed by atoms with Crippen molar-refractivity contribution in [1.82, 2.24) is 0 Å². The maximum absolute atomic E-state index is 12.6. The molecular formula is C13H23NO5S. The summed E-state index contributed by atoms with van der Waals surface area (Å²) in [5.74, 6) is -0.647. The third kappa shape index (κ3) is 2.87. The predicted octanol–water partition coefficient (Wildman–Crippen LogP) is 0.203. The fourth-order valence-corrected chi connectivity index (χ4v) is 5.65. The minimum atomic E-state index is -3.29. The molecule has 1 saturated carbocycles. The SMILES string of the molecule is NC1CCC2(CC1S(=O)(=O)CC1CCCO1)OCCO2. The number of sulfone groups is 1. The van der Waals surface area contributed by atoms with Crippen molar-refractivity contribution >= 4 is 9.84 Å². The maximum atomic E-state index is 12.6. The third-order valence-corrected chi connectivity index (χ3v) is 6.84. The lowest BCUT2D eigenvalue weighted by Crippen LogP contribution is -2.53. The number of hydrogen-bond donors (Lipinski definition) is 1. The van der Waals surface area contributed by atoms with E-state index < -0.39 is 20.9 Å². The molecule has 116 valence electrons. The van der Waals surface area contributed by atoms with Crippen LogP contribution < -0.4 is 5.73 Å². The standard InChI is InChI=1S/C13H23NO5S/c14-11-3-4-13(18-6-7-19-13)8-12(11)20(15,16)9-10-2-1-5-17-10/h10-12H,1-9,14H2.